The first kappa shape index (κ1) is 16.3. The van der Waals surface area contributed by atoms with E-state index in [0.29, 0.717) is 4.47 Å². The Morgan fingerprint density at radius 1 is 1.16 bits per heavy atom. The van der Waals surface area contributed by atoms with Gasteiger partial charge in [0.05, 0.1) is 11.5 Å². The number of Topliss-reactive ketones (excluding diaryl/α,β-unsaturated/α-hetero) is 1. The molecule has 8 heteroatoms. The van der Waals surface area contributed by atoms with E-state index in [1.165, 1.54) is 12.1 Å². The SMILES string of the molecule is CS(=O)(=O)CCS(=O)(=O)CC(=O)c1cccc(Br)c1. The van der Waals surface area contributed by atoms with Crippen molar-refractivity contribution < 1.29 is 21.6 Å². The highest BCUT2D eigenvalue weighted by Crippen LogP contribution is 2.13. The fourth-order valence-electron chi connectivity index (χ4n) is 1.30. The largest absolute Gasteiger partial charge is 0.293 e. The van der Waals surface area contributed by atoms with Gasteiger partial charge in [0.15, 0.2) is 15.6 Å². The fraction of sp³-hybridized carbons (Fsp3) is 0.364. The predicted molar refractivity (Wildman–Crippen MR) is 76.8 cm³/mol. The molecule has 0 aliphatic rings. The maximum atomic E-state index is 11.8. The molecule has 0 atom stereocenters. The van der Waals surface area contributed by atoms with Crippen LogP contribution in [0.5, 0.6) is 0 Å². The minimum absolute atomic E-state index is 0.275. The maximum absolute atomic E-state index is 11.8. The molecule has 0 aliphatic carbocycles. The zero-order valence-electron chi connectivity index (χ0n) is 10.2. The molecule has 19 heavy (non-hydrogen) atoms. The summed E-state index contributed by atoms with van der Waals surface area (Å²) in [7, 11) is -7.08. The highest BCUT2D eigenvalue weighted by molar-refractivity contribution is 9.10. The fourth-order valence-corrected chi connectivity index (χ4v) is 4.63. The number of carbonyl (C=O) groups is 1. The van der Waals surface area contributed by atoms with E-state index in [9.17, 15) is 21.6 Å². The lowest BCUT2D eigenvalue weighted by Crippen LogP contribution is -2.23. The van der Waals surface area contributed by atoms with Gasteiger partial charge in [-0.1, -0.05) is 28.1 Å². The van der Waals surface area contributed by atoms with Crippen LogP contribution in [0, 0.1) is 0 Å². The molecule has 0 spiro atoms. The summed E-state index contributed by atoms with van der Waals surface area (Å²) < 4.78 is 45.8. The molecule has 0 aliphatic heterocycles. The molecule has 0 N–H and O–H groups in total. The van der Waals surface area contributed by atoms with Gasteiger partial charge in [0.25, 0.3) is 0 Å². The molecule has 5 nitrogen and oxygen atoms in total. The van der Waals surface area contributed by atoms with Crippen LogP contribution in [0.1, 0.15) is 10.4 Å². The third-order valence-corrected chi connectivity index (χ3v) is 5.49. The van der Waals surface area contributed by atoms with Crippen LogP contribution < -0.4 is 0 Å². The minimum Gasteiger partial charge on any atom is -0.293 e. The normalized spacial score (nSPS) is 12.3. The molecular formula is C11H13BrO5S2. The molecule has 1 aromatic rings. The second-order valence-electron chi connectivity index (χ2n) is 4.16. The molecular weight excluding hydrogens is 356 g/mol. The van der Waals surface area contributed by atoms with Crippen LogP contribution >= 0.6 is 15.9 Å². The third-order valence-electron chi connectivity index (χ3n) is 2.26. The number of halogens is 1. The molecule has 0 radical (unpaired) electrons. The number of sulfone groups is 2. The molecule has 0 saturated carbocycles. The molecule has 0 fully saturated rings. The highest BCUT2D eigenvalue weighted by atomic mass is 79.9. The highest BCUT2D eigenvalue weighted by Gasteiger charge is 2.20. The topological polar surface area (TPSA) is 85.3 Å². The van der Waals surface area contributed by atoms with Gasteiger partial charge in [-0.15, -0.1) is 0 Å². The smallest absolute Gasteiger partial charge is 0.177 e. The van der Waals surface area contributed by atoms with Crippen molar-refractivity contribution in [1.29, 1.82) is 0 Å². The van der Waals surface area contributed by atoms with Crippen LogP contribution in [0.15, 0.2) is 28.7 Å². The second-order valence-corrected chi connectivity index (χ2v) is 9.51. The van der Waals surface area contributed by atoms with E-state index >= 15 is 0 Å². The summed E-state index contributed by atoms with van der Waals surface area (Å²) in [6.07, 6.45) is 0.957. The lowest BCUT2D eigenvalue weighted by molar-refractivity contribution is 0.102. The van der Waals surface area contributed by atoms with E-state index in [4.69, 9.17) is 0 Å². The van der Waals surface area contributed by atoms with Crippen LogP contribution in [-0.2, 0) is 19.7 Å². The predicted octanol–water partition coefficient (Wildman–Crippen LogP) is 1.09. The summed E-state index contributed by atoms with van der Waals surface area (Å²) in [6, 6.07) is 6.38. The standard InChI is InChI=1S/C11H13BrO5S2/c1-18(14,15)5-6-19(16,17)8-11(13)9-3-2-4-10(12)7-9/h2-4,7H,5-6,8H2,1H3. The molecule has 0 unspecified atom stereocenters. The Balaban J connectivity index is 2.76. The molecule has 1 aromatic carbocycles. The van der Waals surface area contributed by atoms with Crippen molar-refractivity contribution in [3.05, 3.63) is 34.3 Å². The third kappa shape index (κ3) is 6.31. The first-order valence-electron chi connectivity index (χ1n) is 5.26. The van der Waals surface area contributed by atoms with E-state index in [1.807, 2.05) is 0 Å². The van der Waals surface area contributed by atoms with Crippen LogP contribution in [0.4, 0.5) is 0 Å². The summed E-state index contributed by atoms with van der Waals surface area (Å²) in [6.45, 7) is 0. The Labute approximate surface area is 121 Å². The van der Waals surface area contributed by atoms with Crippen molar-refractivity contribution in [1.82, 2.24) is 0 Å². The average Bonchev–Trinajstić information content (AvgIpc) is 2.25. The number of hydrogen-bond donors (Lipinski definition) is 0. The number of carbonyl (C=O) groups excluding carboxylic acids is 1. The van der Waals surface area contributed by atoms with Gasteiger partial charge in [-0.2, -0.15) is 0 Å². The maximum Gasteiger partial charge on any atom is 0.177 e. The van der Waals surface area contributed by atoms with Gasteiger partial charge in [-0.05, 0) is 12.1 Å². The second kappa shape index (κ2) is 6.15. The minimum atomic E-state index is -3.72. The van der Waals surface area contributed by atoms with E-state index in [-0.39, 0.29) is 5.56 Å². The van der Waals surface area contributed by atoms with Crippen molar-refractivity contribution in [2.45, 2.75) is 0 Å². The molecule has 0 bridgehead atoms. The number of benzene rings is 1. The van der Waals surface area contributed by atoms with Crippen molar-refractivity contribution in [2.24, 2.45) is 0 Å². The number of rotatable bonds is 6. The summed E-state index contributed by atoms with van der Waals surface area (Å²) in [5.41, 5.74) is 0.275. The van der Waals surface area contributed by atoms with Gasteiger partial charge in [0.1, 0.15) is 15.6 Å². The first-order chi connectivity index (χ1) is 8.59. The lowest BCUT2D eigenvalue weighted by atomic mass is 10.2. The van der Waals surface area contributed by atoms with Crippen LogP contribution in [-0.4, -0.2) is 46.1 Å². The van der Waals surface area contributed by atoms with Crippen molar-refractivity contribution in [3.63, 3.8) is 0 Å². The van der Waals surface area contributed by atoms with Gasteiger partial charge < -0.3 is 0 Å². The van der Waals surface area contributed by atoms with Crippen LogP contribution in [0.2, 0.25) is 0 Å². The molecule has 0 saturated heterocycles. The summed E-state index contributed by atoms with van der Waals surface area (Å²) in [5.74, 6) is -2.24. The Hall–Kier alpha value is -0.730. The Bertz CT molecular complexity index is 677. The van der Waals surface area contributed by atoms with Gasteiger partial charge >= 0.3 is 0 Å². The number of hydrogen-bond acceptors (Lipinski definition) is 5. The van der Waals surface area contributed by atoms with Crippen molar-refractivity contribution >= 4 is 41.4 Å². The zero-order chi connectivity index (χ0) is 14.7. The monoisotopic (exact) mass is 368 g/mol. The molecule has 0 heterocycles. The van der Waals surface area contributed by atoms with Crippen molar-refractivity contribution in [2.75, 3.05) is 23.5 Å². The lowest BCUT2D eigenvalue weighted by Gasteiger charge is -2.04. The van der Waals surface area contributed by atoms with E-state index in [2.05, 4.69) is 15.9 Å². The molecule has 0 aromatic heterocycles. The first-order valence-corrected chi connectivity index (χ1v) is 9.93. The van der Waals surface area contributed by atoms with Gasteiger partial charge in [-0.3, -0.25) is 4.79 Å². The van der Waals surface area contributed by atoms with E-state index in [1.54, 1.807) is 12.1 Å². The molecule has 1 rings (SSSR count). The summed E-state index contributed by atoms with van der Waals surface area (Å²) in [4.78, 5) is 11.8. The Morgan fingerprint density at radius 3 is 2.32 bits per heavy atom. The van der Waals surface area contributed by atoms with E-state index < -0.39 is 42.7 Å². The van der Waals surface area contributed by atoms with E-state index in [0.717, 1.165) is 6.26 Å². The Kier molecular flexibility index (Phi) is 5.28. The zero-order valence-corrected chi connectivity index (χ0v) is 13.4. The van der Waals surface area contributed by atoms with Crippen molar-refractivity contribution in [3.8, 4) is 0 Å². The Morgan fingerprint density at radius 2 is 1.79 bits per heavy atom. The summed E-state index contributed by atoms with van der Waals surface area (Å²) >= 11 is 3.19. The summed E-state index contributed by atoms with van der Waals surface area (Å²) in [5, 5.41) is 0. The van der Waals surface area contributed by atoms with Gasteiger partial charge in [0, 0.05) is 16.3 Å². The average molecular weight is 369 g/mol. The van der Waals surface area contributed by atoms with Crippen LogP contribution in [0.3, 0.4) is 0 Å². The number of ketones is 1. The molecule has 106 valence electrons. The van der Waals surface area contributed by atoms with Gasteiger partial charge in [0.2, 0.25) is 0 Å². The van der Waals surface area contributed by atoms with Gasteiger partial charge in [-0.25, -0.2) is 16.8 Å². The molecule has 0 amide bonds. The van der Waals surface area contributed by atoms with Crippen LogP contribution in [0.25, 0.3) is 0 Å². The quantitative estimate of drug-likeness (QED) is 0.701.